The van der Waals surface area contributed by atoms with Crippen LogP contribution in [0.5, 0.6) is 0 Å². The van der Waals surface area contributed by atoms with Gasteiger partial charge in [0.25, 0.3) is 0 Å². The summed E-state index contributed by atoms with van der Waals surface area (Å²) in [5, 5.41) is 0. The smallest absolute Gasteiger partial charge is 0.250 e. The lowest BCUT2D eigenvalue weighted by molar-refractivity contribution is 0.108. The second-order valence-electron chi connectivity index (χ2n) is 5.10. The zero-order valence-corrected chi connectivity index (χ0v) is 13.9. The van der Waals surface area contributed by atoms with Gasteiger partial charge in [-0.25, -0.2) is 13.1 Å². The molecule has 5 nitrogen and oxygen atoms in total. The molecule has 1 heterocycles. The lowest BCUT2D eigenvalue weighted by atomic mass is 10.2. The van der Waals surface area contributed by atoms with Crippen LogP contribution in [-0.4, -0.2) is 28.2 Å². The van der Waals surface area contributed by atoms with E-state index in [1.54, 1.807) is 6.07 Å². The summed E-state index contributed by atoms with van der Waals surface area (Å²) in [6.07, 6.45) is 0.667. The van der Waals surface area contributed by atoms with Gasteiger partial charge in [-0.05, 0) is 30.9 Å². The predicted molar refractivity (Wildman–Crippen MR) is 82.4 cm³/mol. The Balaban J connectivity index is 2.41. The van der Waals surface area contributed by atoms with Crippen molar-refractivity contribution in [1.29, 1.82) is 0 Å². The molecular weight excluding hydrogens is 296 g/mol. The molecule has 0 bridgehead atoms. The van der Waals surface area contributed by atoms with Crippen LogP contribution in [0.3, 0.4) is 0 Å². The molecule has 0 unspecified atom stereocenters. The third-order valence-corrected chi connectivity index (χ3v) is 5.85. The summed E-state index contributed by atoms with van der Waals surface area (Å²) in [6.45, 7) is 8.06. The van der Waals surface area contributed by atoms with Crippen molar-refractivity contribution in [2.75, 3.05) is 19.8 Å². The highest BCUT2D eigenvalue weighted by atomic mass is 32.2. The molecule has 7 heteroatoms. The molecule has 1 aromatic heterocycles. The number of nitrogens with one attached hydrogen (secondary N) is 1. The largest absolute Gasteiger partial charge is 0.381 e. The van der Waals surface area contributed by atoms with Gasteiger partial charge in [-0.3, -0.25) is 0 Å². The third kappa shape index (κ3) is 5.49. The summed E-state index contributed by atoms with van der Waals surface area (Å²) in [4.78, 5) is 0.908. The van der Waals surface area contributed by atoms with Gasteiger partial charge in [-0.15, -0.1) is 11.3 Å². The second-order valence-corrected chi connectivity index (χ2v) is 8.23. The molecule has 0 saturated carbocycles. The van der Waals surface area contributed by atoms with Crippen molar-refractivity contribution in [3.05, 3.63) is 16.5 Å². The number of aryl methyl sites for hydroxylation is 1. The Hall–Kier alpha value is -0.470. The Morgan fingerprint density at radius 3 is 2.70 bits per heavy atom. The zero-order valence-electron chi connectivity index (χ0n) is 12.3. The number of hydrogen-bond donors (Lipinski definition) is 2. The van der Waals surface area contributed by atoms with Crippen LogP contribution < -0.4 is 10.5 Å². The lowest BCUT2D eigenvalue weighted by Crippen LogP contribution is -2.25. The van der Waals surface area contributed by atoms with Crippen LogP contribution >= 0.6 is 11.3 Å². The molecule has 0 aromatic carbocycles. The number of rotatable bonds is 9. The fourth-order valence-electron chi connectivity index (χ4n) is 1.59. The highest BCUT2D eigenvalue weighted by Gasteiger charge is 2.17. The van der Waals surface area contributed by atoms with E-state index in [0.717, 1.165) is 10.4 Å². The minimum absolute atomic E-state index is 0.332. The van der Waals surface area contributed by atoms with Crippen molar-refractivity contribution < 1.29 is 13.2 Å². The summed E-state index contributed by atoms with van der Waals surface area (Å²) < 4.78 is 32.5. The van der Waals surface area contributed by atoms with E-state index in [1.165, 1.54) is 11.3 Å². The first-order chi connectivity index (χ1) is 9.36. The van der Waals surface area contributed by atoms with E-state index in [0.29, 0.717) is 42.9 Å². The van der Waals surface area contributed by atoms with Crippen molar-refractivity contribution in [2.45, 2.75) is 37.9 Å². The standard InChI is InChI=1S/C13H24N2O3S2/c1-10(2)9-18-6-4-5-15-20(16,17)13-7-11(3)12(8-14)19-13/h7,10,15H,4-6,8-9,14H2,1-3H3. The third-order valence-electron chi connectivity index (χ3n) is 2.66. The molecule has 0 amide bonds. The van der Waals surface area contributed by atoms with Gasteiger partial charge in [0, 0.05) is 31.2 Å². The molecule has 20 heavy (non-hydrogen) atoms. The number of thiophene rings is 1. The van der Waals surface area contributed by atoms with Crippen LogP contribution in [0.2, 0.25) is 0 Å². The molecule has 0 aliphatic carbocycles. The molecule has 3 N–H and O–H groups in total. The molecule has 0 spiro atoms. The summed E-state index contributed by atoms with van der Waals surface area (Å²) >= 11 is 1.23. The highest BCUT2D eigenvalue weighted by molar-refractivity contribution is 7.91. The van der Waals surface area contributed by atoms with E-state index in [9.17, 15) is 8.42 Å². The summed E-state index contributed by atoms with van der Waals surface area (Å²) in [5.74, 6) is 0.496. The summed E-state index contributed by atoms with van der Waals surface area (Å²) in [6, 6.07) is 1.67. The zero-order chi connectivity index (χ0) is 15.2. The SMILES string of the molecule is Cc1cc(S(=O)(=O)NCCCOCC(C)C)sc1CN. The predicted octanol–water partition coefficient (Wildman–Crippen LogP) is 1.86. The number of nitrogens with two attached hydrogens (primary N) is 1. The van der Waals surface area contributed by atoms with E-state index in [-0.39, 0.29) is 0 Å². The van der Waals surface area contributed by atoms with E-state index < -0.39 is 10.0 Å². The summed E-state index contributed by atoms with van der Waals surface area (Å²) in [7, 11) is -3.42. The van der Waals surface area contributed by atoms with E-state index in [1.807, 2.05) is 6.92 Å². The number of sulfonamides is 1. The Bertz CT molecular complexity index is 510. The van der Waals surface area contributed by atoms with Crippen LogP contribution in [0.15, 0.2) is 10.3 Å². The van der Waals surface area contributed by atoms with E-state index >= 15 is 0 Å². The monoisotopic (exact) mass is 320 g/mol. The molecule has 0 aliphatic rings. The van der Waals surface area contributed by atoms with E-state index in [4.69, 9.17) is 10.5 Å². The minimum Gasteiger partial charge on any atom is -0.381 e. The van der Waals surface area contributed by atoms with Crippen LogP contribution in [0.1, 0.15) is 30.7 Å². The molecule has 116 valence electrons. The Morgan fingerprint density at radius 1 is 1.45 bits per heavy atom. The first-order valence-electron chi connectivity index (χ1n) is 6.73. The van der Waals surface area contributed by atoms with Crippen LogP contribution in [0.25, 0.3) is 0 Å². The normalized spacial score (nSPS) is 12.2. The van der Waals surface area contributed by atoms with E-state index in [2.05, 4.69) is 18.6 Å². The topological polar surface area (TPSA) is 81.4 Å². The Morgan fingerprint density at radius 2 is 2.15 bits per heavy atom. The van der Waals surface area contributed by atoms with Gasteiger partial charge in [0.1, 0.15) is 4.21 Å². The van der Waals surface area contributed by atoms with Crippen molar-refractivity contribution in [3.8, 4) is 0 Å². The van der Waals surface area contributed by atoms with Gasteiger partial charge in [0.15, 0.2) is 0 Å². The average Bonchev–Trinajstić information content (AvgIpc) is 2.75. The van der Waals surface area contributed by atoms with Crippen molar-refractivity contribution in [1.82, 2.24) is 4.72 Å². The van der Waals surface area contributed by atoms with Gasteiger partial charge >= 0.3 is 0 Å². The van der Waals surface area contributed by atoms with Crippen LogP contribution in [0.4, 0.5) is 0 Å². The Labute approximate surface area is 125 Å². The van der Waals surface area contributed by atoms with Crippen LogP contribution in [0, 0.1) is 12.8 Å². The molecular formula is C13H24N2O3S2. The van der Waals surface area contributed by atoms with Gasteiger partial charge < -0.3 is 10.5 Å². The molecule has 0 fully saturated rings. The molecule has 0 aliphatic heterocycles. The van der Waals surface area contributed by atoms with Crippen molar-refractivity contribution >= 4 is 21.4 Å². The molecule has 1 rings (SSSR count). The first kappa shape index (κ1) is 17.6. The highest BCUT2D eigenvalue weighted by Crippen LogP contribution is 2.25. The second kappa shape index (κ2) is 8.09. The lowest BCUT2D eigenvalue weighted by Gasteiger charge is -2.07. The van der Waals surface area contributed by atoms with Crippen molar-refractivity contribution in [2.24, 2.45) is 11.7 Å². The van der Waals surface area contributed by atoms with Gasteiger partial charge in [0.05, 0.1) is 0 Å². The number of hydrogen-bond acceptors (Lipinski definition) is 5. The van der Waals surface area contributed by atoms with Gasteiger partial charge in [-0.2, -0.15) is 0 Å². The molecule has 1 aromatic rings. The molecule has 0 radical (unpaired) electrons. The fraction of sp³-hybridized carbons (Fsp3) is 0.692. The minimum atomic E-state index is -3.42. The Kier molecular flexibility index (Phi) is 7.11. The van der Waals surface area contributed by atoms with Crippen molar-refractivity contribution in [3.63, 3.8) is 0 Å². The average molecular weight is 320 g/mol. The first-order valence-corrected chi connectivity index (χ1v) is 9.03. The maximum absolute atomic E-state index is 12.1. The van der Waals surface area contributed by atoms with Crippen LogP contribution in [-0.2, 0) is 21.3 Å². The maximum atomic E-state index is 12.1. The summed E-state index contributed by atoms with van der Waals surface area (Å²) in [5.41, 5.74) is 6.49. The molecule has 0 saturated heterocycles. The maximum Gasteiger partial charge on any atom is 0.250 e. The fourth-order valence-corrected chi connectivity index (χ4v) is 4.18. The van der Waals surface area contributed by atoms with Gasteiger partial charge in [0.2, 0.25) is 10.0 Å². The quantitative estimate of drug-likeness (QED) is 0.680. The van der Waals surface area contributed by atoms with Gasteiger partial charge in [-0.1, -0.05) is 13.8 Å². The number of ether oxygens (including phenoxy) is 1. The molecule has 0 atom stereocenters.